The molecule has 7 heteroatoms. The van der Waals surface area contributed by atoms with Crippen molar-refractivity contribution in [1.29, 1.82) is 0 Å². The average molecular weight is 305 g/mol. The van der Waals surface area contributed by atoms with Gasteiger partial charge in [-0.2, -0.15) is 0 Å². The lowest BCUT2D eigenvalue weighted by Gasteiger charge is -2.43. The number of aryl methyl sites for hydroxylation is 2. The summed E-state index contributed by atoms with van der Waals surface area (Å²) in [6.07, 6.45) is 2.47. The Labute approximate surface area is 130 Å². The molecule has 0 aliphatic carbocycles. The number of aromatic nitrogens is 2. The Bertz CT molecular complexity index is 563. The number of nitrogens with two attached hydrogens (primary N) is 1. The Balaban J connectivity index is 1.72. The molecule has 1 amide bonds. The molecule has 1 atom stereocenters. The summed E-state index contributed by atoms with van der Waals surface area (Å²) in [4.78, 5) is 25.3. The van der Waals surface area contributed by atoms with Crippen molar-refractivity contribution in [2.24, 2.45) is 5.73 Å². The maximum Gasteiger partial charge on any atom is 0.240 e. The normalized spacial score (nSPS) is 26.4. The lowest BCUT2D eigenvalue weighted by atomic mass is 9.94. The molecule has 2 saturated heterocycles. The van der Waals surface area contributed by atoms with Crippen molar-refractivity contribution in [3.8, 4) is 0 Å². The van der Waals surface area contributed by atoms with Gasteiger partial charge in [0.25, 0.3) is 0 Å². The molecule has 120 valence electrons. The van der Waals surface area contributed by atoms with Gasteiger partial charge in [0.15, 0.2) is 0 Å². The molecule has 3 heterocycles. The van der Waals surface area contributed by atoms with E-state index in [0.29, 0.717) is 19.6 Å². The van der Waals surface area contributed by atoms with Gasteiger partial charge in [-0.25, -0.2) is 4.98 Å². The maximum atomic E-state index is 11.9. The Hall–Kier alpha value is -1.73. The zero-order valence-electron chi connectivity index (χ0n) is 13.2. The number of rotatable bonds is 3. The van der Waals surface area contributed by atoms with Gasteiger partial charge < -0.3 is 15.4 Å². The molecule has 0 saturated carbocycles. The van der Waals surface area contributed by atoms with Crippen molar-refractivity contribution in [2.45, 2.75) is 25.8 Å². The molecule has 0 radical (unpaired) electrons. The van der Waals surface area contributed by atoms with E-state index in [0.717, 1.165) is 43.4 Å². The summed E-state index contributed by atoms with van der Waals surface area (Å²) in [6.45, 7) is 8.12. The van der Waals surface area contributed by atoms with Gasteiger partial charge in [-0.05, 0) is 13.8 Å². The first-order chi connectivity index (χ1) is 10.5. The summed E-state index contributed by atoms with van der Waals surface area (Å²) >= 11 is 0. The molecule has 0 spiro atoms. The molecule has 7 nitrogen and oxygen atoms in total. The van der Waals surface area contributed by atoms with Crippen molar-refractivity contribution < 1.29 is 9.53 Å². The first kappa shape index (κ1) is 15.2. The third kappa shape index (κ3) is 2.55. The summed E-state index contributed by atoms with van der Waals surface area (Å²) in [7, 11) is 0. The first-order valence-corrected chi connectivity index (χ1v) is 7.71. The van der Waals surface area contributed by atoms with E-state index >= 15 is 0 Å². The van der Waals surface area contributed by atoms with E-state index in [2.05, 4.69) is 19.8 Å². The number of anilines is 1. The fraction of sp³-hybridized carbons (Fsp3) is 0.667. The highest BCUT2D eigenvalue weighted by Crippen LogP contribution is 2.28. The van der Waals surface area contributed by atoms with Crippen molar-refractivity contribution in [1.82, 2.24) is 14.9 Å². The molecule has 3 rings (SSSR count). The number of carbonyl (C=O) groups is 1. The van der Waals surface area contributed by atoms with Crippen LogP contribution in [0.25, 0.3) is 0 Å². The van der Waals surface area contributed by atoms with Crippen LogP contribution >= 0.6 is 0 Å². The van der Waals surface area contributed by atoms with Gasteiger partial charge in [0.05, 0.1) is 18.0 Å². The van der Waals surface area contributed by atoms with Crippen molar-refractivity contribution >= 4 is 11.7 Å². The standard InChI is InChI=1S/C15H23N5O2/c1-11-9-17-12(2)13(18-11)19-4-6-20(7-5-19)15(14(16)21)3-8-22-10-15/h9H,3-8,10H2,1-2H3,(H2,16,21). The van der Waals surface area contributed by atoms with Crippen LogP contribution in [-0.4, -0.2) is 65.7 Å². The van der Waals surface area contributed by atoms with Gasteiger partial charge in [0.1, 0.15) is 11.4 Å². The molecule has 1 aromatic heterocycles. The van der Waals surface area contributed by atoms with Crippen molar-refractivity contribution in [3.05, 3.63) is 17.6 Å². The SMILES string of the molecule is Cc1cnc(C)c(N2CCN(C3(C(N)=O)CCOC3)CC2)n1. The van der Waals surface area contributed by atoms with Gasteiger partial charge in [-0.3, -0.25) is 14.7 Å². The van der Waals surface area contributed by atoms with E-state index < -0.39 is 5.54 Å². The van der Waals surface area contributed by atoms with E-state index in [1.54, 1.807) is 6.20 Å². The molecule has 0 bridgehead atoms. The predicted molar refractivity (Wildman–Crippen MR) is 82.7 cm³/mol. The number of primary amides is 1. The van der Waals surface area contributed by atoms with E-state index in [1.807, 2.05) is 13.8 Å². The van der Waals surface area contributed by atoms with Crippen molar-refractivity contribution in [2.75, 3.05) is 44.3 Å². The smallest absolute Gasteiger partial charge is 0.240 e. The molecule has 2 aliphatic rings. The summed E-state index contributed by atoms with van der Waals surface area (Å²) in [5.74, 6) is 0.667. The molecule has 0 aromatic carbocycles. The van der Waals surface area contributed by atoms with E-state index in [-0.39, 0.29) is 5.91 Å². The molecule has 2 aliphatic heterocycles. The summed E-state index contributed by atoms with van der Waals surface area (Å²) < 4.78 is 5.44. The second-order valence-electron chi connectivity index (χ2n) is 6.09. The van der Waals surface area contributed by atoms with Gasteiger partial charge in [-0.15, -0.1) is 0 Å². The Morgan fingerprint density at radius 3 is 2.64 bits per heavy atom. The second kappa shape index (κ2) is 5.81. The average Bonchev–Trinajstić information content (AvgIpc) is 3.01. The molecule has 2 fully saturated rings. The number of hydrogen-bond acceptors (Lipinski definition) is 6. The van der Waals surface area contributed by atoms with Crippen LogP contribution in [-0.2, 0) is 9.53 Å². The van der Waals surface area contributed by atoms with E-state index in [9.17, 15) is 4.79 Å². The fourth-order valence-electron chi connectivity index (χ4n) is 3.32. The van der Waals surface area contributed by atoms with Crippen LogP contribution in [0.15, 0.2) is 6.20 Å². The number of carbonyl (C=O) groups excluding carboxylic acids is 1. The Kier molecular flexibility index (Phi) is 4.01. The van der Waals surface area contributed by atoms with Crippen LogP contribution in [0.2, 0.25) is 0 Å². The minimum atomic E-state index is -0.626. The fourth-order valence-corrected chi connectivity index (χ4v) is 3.32. The van der Waals surface area contributed by atoms with E-state index in [4.69, 9.17) is 10.5 Å². The van der Waals surface area contributed by atoms with Crippen LogP contribution in [0.1, 0.15) is 17.8 Å². The summed E-state index contributed by atoms with van der Waals surface area (Å²) in [5, 5.41) is 0. The molecule has 2 N–H and O–H groups in total. The maximum absolute atomic E-state index is 11.9. The summed E-state index contributed by atoms with van der Waals surface area (Å²) in [6, 6.07) is 0. The highest BCUT2D eigenvalue weighted by Gasteiger charge is 2.46. The van der Waals surface area contributed by atoms with Gasteiger partial charge in [-0.1, -0.05) is 0 Å². The van der Waals surface area contributed by atoms with Gasteiger partial charge in [0.2, 0.25) is 5.91 Å². The molecular weight excluding hydrogens is 282 g/mol. The second-order valence-corrected chi connectivity index (χ2v) is 6.09. The van der Waals surface area contributed by atoms with Crippen LogP contribution in [0.4, 0.5) is 5.82 Å². The number of nitrogens with zero attached hydrogens (tertiary/aromatic N) is 4. The molecule has 1 aromatic rings. The third-order valence-corrected chi connectivity index (χ3v) is 4.69. The number of amides is 1. The van der Waals surface area contributed by atoms with E-state index in [1.165, 1.54) is 0 Å². The number of piperazine rings is 1. The minimum absolute atomic E-state index is 0.273. The van der Waals surface area contributed by atoms with Crippen LogP contribution < -0.4 is 10.6 Å². The predicted octanol–water partition coefficient (Wildman–Crippen LogP) is -0.140. The topological polar surface area (TPSA) is 84.6 Å². The highest BCUT2D eigenvalue weighted by molar-refractivity contribution is 5.85. The number of hydrogen-bond donors (Lipinski definition) is 1. The number of ether oxygens (including phenoxy) is 1. The zero-order chi connectivity index (χ0) is 15.7. The van der Waals surface area contributed by atoms with Gasteiger partial charge in [0, 0.05) is 45.4 Å². The lowest BCUT2D eigenvalue weighted by molar-refractivity contribution is -0.130. The zero-order valence-corrected chi connectivity index (χ0v) is 13.2. The summed E-state index contributed by atoms with van der Waals surface area (Å²) in [5.41, 5.74) is 6.89. The monoisotopic (exact) mass is 305 g/mol. The Morgan fingerprint density at radius 2 is 2.05 bits per heavy atom. The minimum Gasteiger partial charge on any atom is -0.379 e. The van der Waals surface area contributed by atoms with Crippen molar-refractivity contribution in [3.63, 3.8) is 0 Å². The van der Waals surface area contributed by atoms with Crippen LogP contribution in [0, 0.1) is 13.8 Å². The highest BCUT2D eigenvalue weighted by atomic mass is 16.5. The van der Waals surface area contributed by atoms with Gasteiger partial charge >= 0.3 is 0 Å². The largest absolute Gasteiger partial charge is 0.379 e. The Morgan fingerprint density at radius 1 is 1.32 bits per heavy atom. The van der Waals surface area contributed by atoms with Crippen LogP contribution in [0.3, 0.4) is 0 Å². The molecule has 22 heavy (non-hydrogen) atoms. The third-order valence-electron chi connectivity index (χ3n) is 4.69. The quantitative estimate of drug-likeness (QED) is 0.837. The lowest BCUT2D eigenvalue weighted by Crippen LogP contribution is -2.63. The molecule has 1 unspecified atom stereocenters. The van der Waals surface area contributed by atoms with Crippen LogP contribution in [0.5, 0.6) is 0 Å². The first-order valence-electron chi connectivity index (χ1n) is 7.71. The molecular formula is C15H23N5O2.